The molecule has 0 radical (unpaired) electrons. The van der Waals surface area contributed by atoms with Crippen LogP contribution in [0.5, 0.6) is 0 Å². The van der Waals surface area contributed by atoms with Gasteiger partial charge in [-0.1, -0.05) is 54.0 Å². The summed E-state index contributed by atoms with van der Waals surface area (Å²) in [5.74, 6) is -8.78. The van der Waals surface area contributed by atoms with Gasteiger partial charge in [-0.3, -0.25) is 43.8 Å². The summed E-state index contributed by atoms with van der Waals surface area (Å²) in [5, 5.41) is 40.9. The van der Waals surface area contributed by atoms with Crippen molar-refractivity contribution in [1.29, 1.82) is 0 Å². The van der Waals surface area contributed by atoms with Crippen molar-refractivity contribution >= 4 is 41.4 Å². The van der Waals surface area contributed by atoms with Crippen LogP contribution in [0.15, 0.2) is 11.6 Å². The van der Waals surface area contributed by atoms with Gasteiger partial charge >= 0.3 is 5.97 Å². The molecule has 3 aliphatic rings. The second-order valence-electron chi connectivity index (χ2n) is 18.3. The predicted molar refractivity (Wildman–Crippen MR) is 228 cm³/mol. The molecule has 2 unspecified atom stereocenters. The molecule has 3 heterocycles. The molecule has 0 bridgehead atoms. The number of carbonyl (C=O) groups excluding carboxylic acids is 7. The SMILES string of the molecule is CC[C@@H](C)C[C@H](C)C[C@H](C)/C=C(\C)[C@H]1OC(O)([C@](C)(O)C(=O)N[C@@H]2C(=O)N3NCCC[C@@H]3C(=O)N(O)CC(=O)N(C)CC(=O)NCC(=O)N(C)CC(=O)OC2C(C)C)CC[C@@H]1OC. The van der Waals surface area contributed by atoms with E-state index in [0.29, 0.717) is 18.3 Å². The van der Waals surface area contributed by atoms with Crippen molar-refractivity contribution in [2.24, 2.45) is 23.7 Å². The van der Waals surface area contributed by atoms with Gasteiger partial charge in [-0.2, -0.15) is 0 Å². The van der Waals surface area contributed by atoms with Crippen molar-refractivity contribution in [3.05, 3.63) is 11.6 Å². The molecule has 0 spiro atoms. The molecule has 3 fully saturated rings. The zero-order chi connectivity index (χ0) is 47.6. The Hall–Kier alpha value is -4.21. The van der Waals surface area contributed by atoms with Crippen LogP contribution in [0.1, 0.15) is 100 Å². The summed E-state index contributed by atoms with van der Waals surface area (Å²) in [6, 6.07) is -3.30. The Balaban J connectivity index is 2.04. The van der Waals surface area contributed by atoms with Gasteiger partial charge in [-0.25, -0.2) is 10.5 Å². The highest BCUT2D eigenvalue weighted by Crippen LogP contribution is 2.39. The first kappa shape index (κ1) is 53.1. The summed E-state index contributed by atoms with van der Waals surface area (Å²) >= 11 is 0. The van der Waals surface area contributed by atoms with Crippen LogP contribution in [-0.2, 0) is 47.8 Å². The molecule has 0 aromatic rings. The summed E-state index contributed by atoms with van der Waals surface area (Å²) in [7, 11) is 4.03. The fraction of sp³-hybridized carbons (Fsp3) is 0.791. The minimum atomic E-state index is -2.76. The van der Waals surface area contributed by atoms with Gasteiger partial charge < -0.3 is 44.9 Å². The number of nitrogens with zero attached hydrogens (tertiary/aromatic N) is 4. The number of esters is 1. The van der Waals surface area contributed by atoms with Crippen LogP contribution in [0, 0.1) is 23.7 Å². The number of hydrazine groups is 1. The summed E-state index contributed by atoms with van der Waals surface area (Å²) in [6.45, 7) is 12.3. The van der Waals surface area contributed by atoms with E-state index in [1.807, 2.05) is 13.0 Å². The van der Waals surface area contributed by atoms with E-state index in [2.05, 4.69) is 43.8 Å². The number of cyclic esters (lactones) is 1. The zero-order valence-electron chi connectivity index (χ0n) is 39.0. The lowest BCUT2D eigenvalue weighted by molar-refractivity contribution is -0.328. The summed E-state index contributed by atoms with van der Waals surface area (Å²) < 4.78 is 17.8. The Morgan fingerprint density at radius 1 is 0.984 bits per heavy atom. The monoisotopic (exact) mass is 896 g/mol. The number of rotatable bonds is 12. The Morgan fingerprint density at radius 3 is 2.25 bits per heavy atom. The Labute approximate surface area is 371 Å². The number of hydroxylamine groups is 2. The zero-order valence-corrected chi connectivity index (χ0v) is 39.0. The average Bonchev–Trinajstić information content (AvgIpc) is 3.22. The van der Waals surface area contributed by atoms with Crippen LogP contribution in [0.25, 0.3) is 0 Å². The third-order valence-corrected chi connectivity index (χ3v) is 12.4. The van der Waals surface area contributed by atoms with Gasteiger partial charge in [0.05, 0.1) is 19.2 Å². The van der Waals surface area contributed by atoms with Crippen molar-refractivity contribution in [3.63, 3.8) is 0 Å². The molecule has 0 aliphatic carbocycles. The van der Waals surface area contributed by atoms with Crippen LogP contribution < -0.4 is 16.1 Å². The van der Waals surface area contributed by atoms with E-state index in [4.69, 9.17) is 14.2 Å². The molecule has 6 amide bonds. The highest BCUT2D eigenvalue weighted by Gasteiger charge is 2.58. The molecule has 20 nitrogen and oxygen atoms in total. The lowest BCUT2D eigenvalue weighted by Crippen LogP contribution is -2.70. The Kier molecular flexibility index (Phi) is 19.5. The van der Waals surface area contributed by atoms with Crippen molar-refractivity contribution < 1.29 is 63.2 Å². The van der Waals surface area contributed by atoms with Gasteiger partial charge in [0.2, 0.25) is 23.5 Å². The van der Waals surface area contributed by atoms with Gasteiger partial charge in [-0.15, -0.1) is 0 Å². The molecule has 20 heteroatoms. The number of fused-ring (bicyclic) bond motifs is 1. The highest BCUT2D eigenvalue weighted by molar-refractivity contribution is 5.96. The molecular formula is C43H73N7O13. The topological polar surface area (TPSA) is 257 Å². The van der Waals surface area contributed by atoms with E-state index in [1.165, 1.54) is 21.2 Å². The fourth-order valence-corrected chi connectivity index (χ4v) is 8.34. The van der Waals surface area contributed by atoms with Gasteiger partial charge in [0.25, 0.3) is 17.7 Å². The lowest BCUT2D eigenvalue weighted by atomic mass is 9.83. The van der Waals surface area contributed by atoms with Crippen LogP contribution in [0.4, 0.5) is 0 Å². The molecule has 6 N–H and O–H groups in total. The second kappa shape index (κ2) is 23.1. The number of amides is 6. The number of ether oxygens (including phenoxy) is 3. The van der Waals surface area contributed by atoms with Crippen LogP contribution in [-0.4, -0.2) is 172 Å². The summed E-state index contributed by atoms with van der Waals surface area (Å²) in [6.07, 6.45) is 2.43. The van der Waals surface area contributed by atoms with Gasteiger partial charge in [0.1, 0.15) is 37.4 Å². The van der Waals surface area contributed by atoms with Crippen molar-refractivity contribution in [2.45, 2.75) is 142 Å². The first-order valence-electron chi connectivity index (χ1n) is 22.0. The first-order valence-corrected chi connectivity index (χ1v) is 22.0. The van der Waals surface area contributed by atoms with Crippen molar-refractivity contribution in [1.82, 2.24) is 35.9 Å². The van der Waals surface area contributed by atoms with Crippen LogP contribution in [0.2, 0.25) is 0 Å². The Bertz CT molecular complexity index is 1680. The highest BCUT2D eigenvalue weighted by atomic mass is 16.7. The largest absolute Gasteiger partial charge is 0.458 e. The van der Waals surface area contributed by atoms with Gasteiger partial charge in [-0.05, 0) is 75.2 Å². The molecule has 3 aliphatic heterocycles. The first-order chi connectivity index (χ1) is 29.4. The number of carbonyl (C=O) groups is 7. The minimum absolute atomic E-state index is 0.00357. The molecule has 0 aromatic carbocycles. The maximum Gasteiger partial charge on any atom is 0.325 e. The molecule has 0 aromatic heterocycles. The van der Waals surface area contributed by atoms with Crippen molar-refractivity contribution in [2.75, 3.05) is 53.9 Å². The summed E-state index contributed by atoms with van der Waals surface area (Å²) in [4.78, 5) is 96.7. The van der Waals surface area contributed by atoms with Gasteiger partial charge in [0.15, 0.2) is 5.60 Å². The number of methoxy groups -OCH3 is 1. The minimum Gasteiger partial charge on any atom is -0.458 e. The number of likely N-dealkylation sites (N-methyl/N-ethyl adjacent to an activating group) is 2. The molecule has 63 heavy (non-hydrogen) atoms. The van der Waals surface area contributed by atoms with Crippen LogP contribution >= 0.6 is 0 Å². The maximum atomic E-state index is 14.8. The third kappa shape index (κ3) is 13.9. The molecule has 3 saturated heterocycles. The number of nitrogens with one attached hydrogen (secondary N) is 3. The number of hydrogen-bond acceptors (Lipinski definition) is 14. The molecular weight excluding hydrogens is 823 g/mol. The normalized spacial score (nSPS) is 29.4. The molecule has 358 valence electrons. The molecule has 3 rings (SSSR count). The standard InChI is InChI=1S/C43H73N7O13/c1-12-26(4)18-27(5)19-28(6)20-29(7)38-31(61-11)15-16-43(59,63-38)42(8,58)41(57)46-36-37(25(2)3)62-35(54)24-48(10)33(52)21-44-32(51)22-47(9)34(53)23-49(60)39(55)30-14-13-17-45-50(30)40(36)56/h20,25-28,30-31,36-38,45,58-60H,12-19,21-24H2,1-11H3,(H,44,51)(H,46,57)/b29-20+/t26-,27+,28+,30-,31+,36+,37?,38-,42-,43?/m1/s1. The molecule has 0 saturated carbocycles. The van der Waals surface area contributed by atoms with E-state index in [9.17, 15) is 49.0 Å². The van der Waals surface area contributed by atoms with E-state index in [-0.39, 0.29) is 36.8 Å². The van der Waals surface area contributed by atoms with E-state index >= 15 is 0 Å². The quantitative estimate of drug-likeness (QED) is 0.0886. The Morgan fingerprint density at radius 2 is 1.63 bits per heavy atom. The van der Waals surface area contributed by atoms with E-state index < -0.39 is 115 Å². The second-order valence-corrected chi connectivity index (χ2v) is 18.3. The number of aliphatic hydroxyl groups is 2. The maximum absolute atomic E-state index is 14.8. The summed E-state index contributed by atoms with van der Waals surface area (Å²) in [5.41, 5.74) is 0.787. The van der Waals surface area contributed by atoms with E-state index in [1.54, 1.807) is 13.8 Å². The smallest absolute Gasteiger partial charge is 0.325 e. The van der Waals surface area contributed by atoms with E-state index in [0.717, 1.165) is 46.6 Å². The molecule has 10 atom stereocenters. The van der Waals surface area contributed by atoms with Crippen molar-refractivity contribution in [3.8, 4) is 0 Å². The average molecular weight is 896 g/mol. The van der Waals surface area contributed by atoms with Gasteiger partial charge in [0, 0.05) is 34.2 Å². The number of allylic oxidation sites excluding steroid dienone is 1. The lowest BCUT2D eigenvalue weighted by Gasteiger charge is -2.48. The fourth-order valence-electron chi connectivity index (χ4n) is 8.34. The number of hydrogen-bond donors (Lipinski definition) is 6. The van der Waals surface area contributed by atoms with Crippen LogP contribution in [0.3, 0.4) is 0 Å². The predicted octanol–water partition coefficient (Wildman–Crippen LogP) is 0.477. The third-order valence-electron chi connectivity index (χ3n) is 12.4.